The van der Waals surface area contributed by atoms with Crippen molar-refractivity contribution in [2.75, 3.05) is 10.6 Å². The molecule has 2 heterocycles. The lowest BCUT2D eigenvalue weighted by atomic mass is 10.1. The number of aryl methyl sites for hydroxylation is 1. The smallest absolute Gasteiger partial charge is 0.231 e. The summed E-state index contributed by atoms with van der Waals surface area (Å²) in [4.78, 5) is 8.76. The third-order valence-corrected chi connectivity index (χ3v) is 3.88. The molecule has 0 saturated carbocycles. The number of nitrogens with zero attached hydrogens (tertiary/aromatic N) is 3. The summed E-state index contributed by atoms with van der Waals surface area (Å²) in [5.74, 6) is 0.0247. The number of para-hydroxylation sites is 1. The average Bonchev–Trinajstić information content (AvgIpc) is 3.10. The highest BCUT2D eigenvalue weighted by molar-refractivity contribution is 5.68. The Morgan fingerprint density at radius 3 is 2.25 bits per heavy atom. The molecule has 2 aromatic carbocycles. The first-order chi connectivity index (χ1) is 13.6. The number of nitrogens with one attached hydrogen (secondary N) is 2. The molecule has 0 bridgehead atoms. The second-order valence-corrected chi connectivity index (χ2v) is 6.00. The molecule has 0 atom stereocenters. The summed E-state index contributed by atoms with van der Waals surface area (Å²) in [6.45, 7) is 1.76. The zero-order valence-corrected chi connectivity index (χ0v) is 14.8. The summed E-state index contributed by atoms with van der Waals surface area (Å²) in [6, 6.07) is 16.3. The van der Waals surface area contributed by atoms with Gasteiger partial charge in [-0.1, -0.05) is 41.6 Å². The molecular weight excluding hydrogens is 364 g/mol. The second kappa shape index (κ2) is 7.43. The summed E-state index contributed by atoms with van der Waals surface area (Å²) < 4.78 is 33.1. The van der Waals surface area contributed by atoms with Crippen LogP contribution in [-0.2, 0) is 0 Å². The Morgan fingerprint density at radius 2 is 1.57 bits per heavy atom. The number of aromatic nitrogens is 3. The molecule has 0 radical (unpaired) electrons. The normalized spacial score (nSPS) is 10.7. The highest BCUT2D eigenvalue weighted by atomic mass is 19.1. The first-order valence-corrected chi connectivity index (χ1v) is 8.44. The molecule has 0 aliphatic rings. The van der Waals surface area contributed by atoms with E-state index >= 15 is 0 Å². The highest BCUT2D eigenvalue weighted by Gasteiger charge is 2.13. The van der Waals surface area contributed by atoms with Crippen LogP contribution in [0.1, 0.15) is 5.76 Å². The Morgan fingerprint density at radius 1 is 0.821 bits per heavy atom. The van der Waals surface area contributed by atoms with Crippen molar-refractivity contribution in [1.29, 1.82) is 0 Å². The Hall–Kier alpha value is -3.81. The van der Waals surface area contributed by atoms with E-state index in [1.807, 2.05) is 30.3 Å². The van der Waals surface area contributed by atoms with Crippen molar-refractivity contribution in [2.45, 2.75) is 6.92 Å². The van der Waals surface area contributed by atoms with E-state index in [1.54, 1.807) is 19.1 Å². The van der Waals surface area contributed by atoms with Crippen molar-refractivity contribution in [3.63, 3.8) is 0 Å². The van der Waals surface area contributed by atoms with Crippen molar-refractivity contribution in [3.8, 4) is 11.3 Å². The Balaban J connectivity index is 1.75. The average molecular weight is 379 g/mol. The molecule has 0 saturated heterocycles. The van der Waals surface area contributed by atoms with Gasteiger partial charge in [-0.15, -0.1) is 0 Å². The van der Waals surface area contributed by atoms with E-state index in [2.05, 4.69) is 25.8 Å². The molecule has 140 valence electrons. The van der Waals surface area contributed by atoms with Crippen molar-refractivity contribution < 1.29 is 13.3 Å². The van der Waals surface area contributed by atoms with Crippen LogP contribution in [0.4, 0.5) is 32.1 Å². The Bertz CT molecular complexity index is 1090. The summed E-state index contributed by atoms with van der Waals surface area (Å²) in [7, 11) is 0. The molecule has 0 aliphatic heterocycles. The number of hydrogen-bond acceptors (Lipinski definition) is 6. The van der Waals surface area contributed by atoms with E-state index in [-0.39, 0.29) is 17.5 Å². The van der Waals surface area contributed by atoms with E-state index < -0.39 is 11.6 Å². The monoisotopic (exact) mass is 379 g/mol. The van der Waals surface area contributed by atoms with Crippen molar-refractivity contribution in [3.05, 3.63) is 78.1 Å². The van der Waals surface area contributed by atoms with Gasteiger partial charge >= 0.3 is 0 Å². The lowest BCUT2D eigenvalue weighted by Gasteiger charge is -2.11. The van der Waals surface area contributed by atoms with Crippen LogP contribution in [0.5, 0.6) is 0 Å². The van der Waals surface area contributed by atoms with E-state index in [4.69, 9.17) is 4.52 Å². The maximum atomic E-state index is 14.0. The fraction of sp³-hybridized carbons (Fsp3) is 0.0500. The van der Waals surface area contributed by atoms with Gasteiger partial charge in [0.05, 0.1) is 5.69 Å². The number of halogens is 2. The topological polar surface area (TPSA) is 75.9 Å². The van der Waals surface area contributed by atoms with Gasteiger partial charge < -0.3 is 15.2 Å². The van der Waals surface area contributed by atoms with E-state index in [0.29, 0.717) is 17.3 Å². The minimum absolute atomic E-state index is 0.203. The van der Waals surface area contributed by atoms with Crippen LogP contribution in [0.15, 0.2) is 65.2 Å². The van der Waals surface area contributed by atoms with Gasteiger partial charge in [0.1, 0.15) is 28.9 Å². The van der Waals surface area contributed by atoms with E-state index in [1.165, 1.54) is 18.2 Å². The first-order valence-electron chi connectivity index (χ1n) is 8.44. The molecule has 0 unspecified atom stereocenters. The molecular formula is C20H15F2N5O. The maximum Gasteiger partial charge on any atom is 0.231 e. The Labute approximate surface area is 159 Å². The largest absolute Gasteiger partial charge is 0.360 e. The van der Waals surface area contributed by atoms with Crippen LogP contribution < -0.4 is 10.6 Å². The molecule has 2 aromatic heterocycles. The molecule has 0 amide bonds. The first kappa shape index (κ1) is 17.6. The summed E-state index contributed by atoms with van der Waals surface area (Å²) in [5, 5.41) is 9.48. The van der Waals surface area contributed by atoms with Crippen LogP contribution in [0.2, 0.25) is 0 Å². The predicted molar refractivity (Wildman–Crippen MR) is 102 cm³/mol. The number of anilines is 4. The zero-order valence-electron chi connectivity index (χ0n) is 14.8. The predicted octanol–water partition coefficient (Wildman–Crippen LogP) is 5.21. The molecule has 0 aliphatic carbocycles. The molecule has 4 rings (SSSR count). The SMILES string of the molecule is Cc1cc(Nc2nc(Nc3c(F)cccc3F)cc(-c3ccccc3)n2)no1. The summed E-state index contributed by atoms with van der Waals surface area (Å²) >= 11 is 0. The van der Waals surface area contributed by atoms with Gasteiger partial charge in [-0.05, 0) is 19.1 Å². The maximum absolute atomic E-state index is 14.0. The third kappa shape index (κ3) is 3.80. The lowest BCUT2D eigenvalue weighted by molar-refractivity contribution is 0.400. The number of rotatable bonds is 5. The fourth-order valence-electron chi connectivity index (χ4n) is 2.61. The third-order valence-electron chi connectivity index (χ3n) is 3.88. The number of benzene rings is 2. The minimum Gasteiger partial charge on any atom is -0.360 e. The quantitative estimate of drug-likeness (QED) is 0.496. The van der Waals surface area contributed by atoms with Gasteiger partial charge in [-0.2, -0.15) is 4.98 Å². The van der Waals surface area contributed by atoms with Crippen LogP contribution >= 0.6 is 0 Å². The molecule has 0 fully saturated rings. The Kier molecular flexibility index (Phi) is 4.67. The van der Waals surface area contributed by atoms with Gasteiger partial charge in [0.2, 0.25) is 5.95 Å². The van der Waals surface area contributed by atoms with Gasteiger partial charge in [-0.3, -0.25) is 0 Å². The number of hydrogen-bond donors (Lipinski definition) is 2. The van der Waals surface area contributed by atoms with E-state index in [9.17, 15) is 8.78 Å². The van der Waals surface area contributed by atoms with Gasteiger partial charge in [0.15, 0.2) is 5.82 Å². The van der Waals surface area contributed by atoms with Crippen molar-refractivity contribution in [1.82, 2.24) is 15.1 Å². The summed E-state index contributed by atoms with van der Waals surface area (Å²) in [5.41, 5.74) is 1.10. The zero-order chi connectivity index (χ0) is 19.5. The summed E-state index contributed by atoms with van der Waals surface area (Å²) in [6.07, 6.45) is 0. The van der Waals surface area contributed by atoms with E-state index in [0.717, 1.165) is 5.56 Å². The van der Waals surface area contributed by atoms with Crippen molar-refractivity contribution >= 4 is 23.3 Å². The van der Waals surface area contributed by atoms with Crippen LogP contribution in [0, 0.1) is 18.6 Å². The highest BCUT2D eigenvalue weighted by Crippen LogP contribution is 2.27. The standard InChI is InChI=1S/C20H15F2N5O/c1-12-10-18(27-28-12)26-20-23-16(13-6-3-2-4-7-13)11-17(25-20)24-19-14(21)8-5-9-15(19)22/h2-11H,1H3,(H2,23,24,25,26,27). The minimum atomic E-state index is -0.721. The van der Waals surface area contributed by atoms with Gasteiger partial charge in [0.25, 0.3) is 0 Å². The molecule has 4 aromatic rings. The molecule has 8 heteroatoms. The van der Waals surface area contributed by atoms with Crippen LogP contribution in [-0.4, -0.2) is 15.1 Å². The van der Waals surface area contributed by atoms with Crippen LogP contribution in [0.25, 0.3) is 11.3 Å². The molecule has 6 nitrogen and oxygen atoms in total. The fourth-order valence-corrected chi connectivity index (χ4v) is 2.61. The van der Waals surface area contributed by atoms with Gasteiger partial charge in [0, 0.05) is 17.7 Å². The molecule has 28 heavy (non-hydrogen) atoms. The molecule has 0 spiro atoms. The van der Waals surface area contributed by atoms with Crippen LogP contribution in [0.3, 0.4) is 0 Å². The van der Waals surface area contributed by atoms with Crippen molar-refractivity contribution in [2.24, 2.45) is 0 Å². The second-order valence-electron chi connectivity index (χ2n) is 6.00. The molecule has 2 N–H and O–H groups in total. The lowest BCUT2D eigenvalue weighted by Crippen LogP contribution is -2.04. The van der Waals surface area contributed by atoms with Gasteiger partial charge in [-0.25, -0.2) is 13.8 Å².